The molecule has 1 aliphatic heterocycles. The maximum Gasteiger partial charge on any atom is 0.303 e. The second-order valence-corrected chi connectivity index (χ2v) is 10.4. The third-order valence-corrected chi connectivity index (χ3v) is 7.96. The molecule has 2 aromatic heterocycles. The number of alkyl halides is 1. The van der Waals surface area contributed by atoms with Gasteiger partial charge in [0.15, 0.2) is 0 Å². The van der Waals surface area contributed by atoms with Crippen molar-refractivity contribution in [2.75, 3.05) is 26.7 Å². The number of hydrogen-bond donors (Lipinski definition) is 1. The predicted molar refractivity (Wildman–Crippen MR) is 137 cm³/mol. The highest BCUT2D eigenvalue weighted by Crippen LogP contribution is 2.36. The van der Waals surface area contributed by atoms with Gasteiger partial charge < -0.3 is 14.7 Å². The van der Waals surface area contributed by atoms with Crippen molar-refractivity contribution in [3.8, 4) is 5.75 Å². The molecule has 1 saturated heterocycles. The van der Waals surface area contributed by atoms with Crippen LogP contribution in [0.2, 0.25) is 0 Å². The van der Waals surface area contributed by atoms with Crippen LogP contribution in [0, 0.1) is 11.8 Å². The minimum absolute atomic E-state index is 0.0571. The number of carbonyl (C=O) groups is 1. The van der Waals surface area contributed by atoms with E-state index in [2.05, 4.69) is 14.9 Å². The number of likely N-dealkylation sites (tertiary alicyclic amines) is 1. The average molecular weight is 500 g/mol. The minimum atomic E-state index is -1.12. The number of carboxylic acid groups (broad SMARTS) is 1. The zero-order valence-electron chi connectivity index (χ0n) is 20.2. The van der Waals surface area contributed by atoms with Gasteiger partial charge in [-0.25, -0.2) is 9.37 Å². The number of ether oxygens (including phenoxy) is 1. The number of pyridine rings is 1. The van der Waals surface area contributed by atoms with Crippen molar-refractivity contribution in [3.05, 3.63) is 52.6 Å². The fourth-order valence-electron chi connectivity index (χ4n) is 5.25. The molecule has 0 saturated carbocycles. The maximum absolute atomic E-state index is 15.4. The topological polar surface area (TPSA) is 75.5 Å². The summed E-state index contributed by atoms with van der Waals surface area (Å²) in [7, 11) is 1.60. The quantitative estimate of drug-likeness (QED) is 0.312. The molecule has 3 heterocycles. The van der Waals surface area contributed by atoms with Crippen molar-refractivity contribution in [2.24, 2.45) is 11.8 Å². The number of thiazole rings is 1. The van der Waals surface area contributed by atoms with E-state index in [1.165, 1.54) is 5.01 Å². The van der Waals surface area contributed by atoms with Crippen LogP contribution in [-0.2, 0) is 11.2 Å². The van der Waals surface area contributed by atoms with E-state index in [-0.39, 0.29) is 18.3 Å². The Morgan fingerprint density at radius 2 is 2.14 bits per heavy atom. The van der Waals surface area contributed by atoms with Crippen LogP contribution in [0.15, 0.2) is 42.0 Å². The van der Waals surface area contributed by atoms with Gasteiger partial charge in [-0.15, -0.1) is 11.3 Å². The molecule has 6 nitrogen and oxygen atoms in total. The Balaban J connectivity index is 1.32. The number of carboxylic acids is 1. The molecule has 3 aromatic rings. The van der Waals surface area contributed by atoms with Crippen molar-refractivity contribution < 1.29 is 19.0 Å². The summed E-state index contributed by atoms with van der Waals surface area (Å²) in [5.74, 6) is 0.189. The lowest BCUT2D eigenvalue weighted by atomic mass is 9.79. The van der Waals surface area contributed by atoms with Gasteiger partial charge in [-0.3, -0.25) is 9.78 Å². The van der Waals surface area contributed by atoms with Gasteiger partial charge in [0.25, 0.3) is 0 Å². The van der Waals surface area contributed by atoms with Gasteiger partial charge in [-0.05, 0) is 93.3 Å². The molecule has 0 radical (unpaired) electrons. The molecule has 1 aliphatic rings. The van der Waals surface area contributed by atoms with Gasteiger partial charge in [0, 0.05) is 36.1 Å². The van der Waals surface area contributed by atoms with Crippen LogP contribution < -0.4 is 4.74 Å². The highest BCUT2D eigenvalue weighted by molar-refractivity contribution is 7.09. The Hall–Kier alpha value is -2.58. The highest BCUT2D eigenvalue weighted by Gasteiger charge is 2.31. The molecule has 3 atom stereocenters. The van der Waals surface area contributed by atoms with Crippen LogP contribution in [0.25, 0.3) is 10.9 Å². The van der Waals surface area contributed by atoms with Gasteiger partial charge in [0.2, 0.25) is 0 Å². The summed E-state index contributed by atoms with van der Waals surface area (Å²) in [5, 5.41) is 13.4. The van der Waals surface area contributed by atoms with E-state index in [1.54, 1.807) is 30.7 Å². The van der Waals surface area contributed by atoms with Gasteiger partial charge in [0.05, 0.1) is 17.6 Å². The molecule has 0 amide bonds. The zero-order chi connectivity index (χ0) is 24.6. The Labute approximate surface area is 210 Å². The van der Waals surface area contributed by atoms with E-state index in [9.17, 15) is 9.90 Å². The summed E-state index contributed by atoms with van der Waals surface area (Å²) in [6.45, 7) is 2.70. The van der Waals surface area contributed by atoms with Crippen LogP contribution in [0.4, 0.5) is 4.39 Å². The zero-order valence-corrected chi connectivity index (χ0v) is 21.1. The Kier molecular flexibility index (Phi) is 9.04. The predicted octanol–water partition coefficient (Wildman–Crippen LogP) is 5.93. The molecule has 1 N–H and O–H groups in total. The second-order valence-electron chi connectivity index (χ2n) is 9.42. The molecular formula is C27H34FN3O3S. The van der Waals surface area contributed by atoms with Crippen LogP contribution in [0.1, 0.15) is 55.3 Å². The van der Waals surface area contributed by atoms with Crippen molar-refractivity contribution >= 4 is 28.2 Å². The SMILES string of the molecule is COc1ccc2nccc([C@H](F)CC[C@@H]3CCN(CCCCc4nccs4)C[C@@H]3CC(=O)O)c2c1. The standard InChI is InChI=1S/C27H34FN3O3S/c1-34-21-6-8-25-23(17-21)22(9-11-29-25)24(28)7-5-19-10-14-31(18-20(19)16-27(32)33)13-3-2-4-26-30-12-15-35-26/h6,8-9,11-12,15,17,19-20,24H,2-5,7,10,13-14,16,18H2,1H3,(H,32,33)/t19-,20+,24-/m1/s1. The number of nitrogens with zero attached hydrogens (tertiary/aromatic N) is 3. The van der Waals surface area contributed by atoms with Crippen LogP contribution in [-0.4, -0.2) is 52.7 Å². The lowest BCUT2D eigenvalue weighted by Crippen LogP contribution is -2.41. The Bertz CT molecular complexity index is 1090. The highest BCUT2D eigenvalue weighted by atomic mass is 32.1. The first-order valence-corrected chi connectivity index (χ1v) is 13.3. The minimum Gasteiger partial charge on any atom is -0.497 e. The summed E-state index contributed by atoms with van der Waals surface area (Å²) >= 11 is 1.69. The number of halogens is 1. The van der Waals surface area contributed by atoms with Crippen molar-refractivity contribution in [1.29, 1.82) is 0 Å². The van der Waals surface area contributed by atoms with Gasteiger partial charge >= 0.3 is 5.97 Å². The van der Waals surface area contributed by atoms with Crippen LogP contribution in [0.5, 0.6) is 5.75 Å². The fraction of sp³-hybridized carbons (Fsp3) is 0.519. The normalized spacial score (nSPS) is 19.6. The molecule has 1 aromatic carbocycles. The second kappa shape index (κ2) is 12.4. The van der Waals surface area contributed by atoms with E-state index in [1.807, 2.05) is 29.8 Å². The van der Waals surface area contributed by atoms with E-state index in [4.69, 9.17) is 4.74 Å². The van der Waals surface area contributed by atoms with Gasteiger partial charge in [-0.1, -0.05) is 0 Å². The number of benzene rings is 1. The average Bonchev–Trinajstić information content (AvgIpc) is 3.38. The van der Waals surface area contributed by atoms with Crippen molar-refractivity contribution in [1.82, 2.24) is 14.9 Å². The number of rotatable bonds is 12. The van der Waals surface area contributed by atoms with Crippen molar-refractivity contribution in [3.63, 3.8) is 0 Å². The lowest BCUT2D eigenvalue weighted by molar-refractivity contribution is -0.139. The molecule has 4 rings (SSSR count). The molecule has 35 heavy (non-hydrogen) atoms. The smallest absolute Gasteiger partial charge is 0.303 e. The van der Waals surface area contributed by atoms with Crippen LogP contribution in [0.3, 0.4) is 0 Å². The summed E-state index contributed by atoms with van der Waals surface area (Å²) in [6.07, 6.45) is 7.67. The molecule has 188 valence electrons. The van der Waals surface area contributed by atoms with E-state index < -0.39 is 12.1 Å². The van der Waals surface area contributed by atoms with Gasteiger partial charge in [-0.2, -0.15) is 0 Å². The number of aryl methyl sites for hydroxylation is 1. The first-order chi connectivity index (χ1) is 17.0. The summed E-state index contributed by atoms with van der Waals surface area (Å²) < 4.78 is 20.8. The Morgan fingerprint density at radius 1 is 1.26 bits per heavy atom. The number of methoxy groups -OCH3 is 1. The van der Waals surface area contributed by atoms with E-state index >= 15 is 4.39 Å². The number of hydrogen-bond acceptors (Lipinski definition) is 6. The maximum atomic E-state index is 15.4. The number of fused-ring (bicyclic) bond motifs is 1. The molecule has 0 bridgehead atoms. The number of aromatic nitrogens is 2. The summed E-state index contributed by atoms with van der Waals surface area (Å²) in [6, 6.07) is 7.26. The molecule has 0 unspecified atom stereocenters. The third-order valence-electron chi connectivity index (χ3n) is 7.12. The first kappa shape index (κ1) is 25.5. The molecular weight excluding hydrogens is 465 g/mol. The summed E-state index contributed by atoms with van der Waals surface area (Å²) in [4.78, 5) is 22.6. The Morgan fingerprint density at radius 3 is 2.91 bits per heavy atom. The van der Waals surface area contributed by atoms with E-state index in [0.717, 1.165) is 56.2 Å². The monoisotopic (exact) mass is 499 g/mol. The molecule has 1 fully saturated rings. The number of aliphatic carboxylic acids is 1. The number of unbranched alkanes of at least 4 members (excludes halogenated alkanes) is 1. The molecule has 0 aliphatic carbocycles. The molecule has 0 spiro atoms. The van der Waals surface area contributed by atoms with Gasteiger partial charge in [0.1, 0.15) is 11.9 Å². The lowest BCUT2D eigenvalue weighted by Gasteiger charge is -2.38. The largest absolute Gasteiger partial charge is 0.497 e. The van der Waals surface area contributed by atoms with Crippen LogP contribution >= 0.6 is 11.3 Å². The van der Waals surface area contributed by atoms with E-state index in [0.29, 0.717) is 24.2 Å². The van der Waals surface area contributed by atoms with Crippen molar-refractivity contribution in [2.45, 2.75) is 51.1 Å². The first-order valence-electron chi connectivity index (χ1n) is 12.4. The summed E-state index contributed by atoms with van der Waals surface area (Å²) in [5.41, 5.74) is 1.37. The third kappa shape index (κ3) is 6.98. The number of piperidine rings is 1. The molecule has 8 heteroatoms. The fourth-order valence-corrected chi connectivity index (χ4v) is 5.91.